The Kier molecular flexibility index (Phi) is 2.57. The molecule has 0 bridgehead atoms. The van der Waals surface area contributed by atoms with Crippen molar-refractivity contribution >= 4 is 22.9 Å². The maximum atomic E-state index is 4.59. The molecule has 2 heterocycles. The zero-order chi connectivity index (χ0) is 11.7. The summed E-state index contributed by atoms with van der Waals surface area (Å²) in [7, 11) is 1.96. The van der Waals surface area contributed by atoms with Crippen molar-refractivity contribution < 1.29 is 0 Å². The molecule has 2 aromatic heterocycles. The highest BCUT2D eigenvalue weighted by atomic mass is 32.2. The van der Waals surface area contributed by atoms with Crippen LogP contribution in [0.1, 0.15) is 0 Å². The van der Waals surface area contributed by atoms with E-state index in [9.17, 15) is 0 Å². The van der Waals surface area contributed by atoms with E-state index in [1.54, 1.807) is 18.1 Å². The van der Waals surface area contributed by atoms with Gasteiger partial charge in [0, 0.05) is 11.9 Å². The number of rotatable bonds is 2. The van der Waals surface area contributed by atoms with Gasteiger partial charge in [-0.3, -0.25) is 0 Å². The maximum absolute atomic E-state index is 4.59. The number of aromatic nitrogens is 3. The fraction of sp³-hybridized carbons (Fsp3) is 0.0769. The lowest BCUT2D eigenvalue weighted by molar-refractivity contribution is 0.920. The summed E-state index contributed by atoms with van der Waals surface area (Å²) >= 11 is 1.66. The van der Waals surface area contributed by atoms with Crippen LogP contribution in [0.3, 0.4) is 0 Å². The average molecular weight is 241 g/mol. The molecule has 17 heavy (non-hydrogen) atoms. The Labute approximate surface area is 104 Å². The molecule has 0 aliphatic rings. The Bertz CT molecular complexity index is 646. The molecule has 3 aromatic rings. The van der Waals surface area contributed by atoms with Gasteiger partial charge in [-0.2, -0.15) is 0 Å². The van der Waals surface area contributed by atoms with Crippen molar-refractivity contribution in [3.8, 4) is 0 Å². The van der Waals surface area contributed by atoms with Gasteiger partial charge in [0.05, 0.1) is 6.33 Å². The normalized spacial score (nSPS) is 10.9. The summed E-state index contributed by atoms with van der Waals surface area (Å²) in [6, 6.07) is 14.3. The molecule has 3 rings (SSSR count). The first-order valence-corrected chi connectivity index (χ1v) is 6.15. The highest BCUT2D eigenvalue weighted by Gasteiger charge is 2.04. The van der Waals surface area contributed by atoms with Gasteiger partial charge in [-0.15, -0.1) is 0 Å². The highest BCUT2D eigenvalue weighted by molar-refractivity contribution is 7.99. The van der Waals surface area contributed by atoms with Gasteiger partial charge in [-0.25, -0.2) is 9.97 Å². The fourth-order valence-electron chi connectivity index (χ4n) is 1.65. The third-order valence-corrected chi connectivity index (χ3v) is 3.44. The van der Waals surface area contributed by atoms with Crippen LogP contribution < -0.4 is 0 Å². The zero-order valence-corrected chi connectivity index (χ0v) is 10.2. The molecule has 0 spiro atoms. The van der Waals surface area contributed by atoms with Crippen molar-refractivity contribution in [2.45, 2.75) is 9.92 Å². The van der Waals surface area contributed by atoms with E-state index in [0.29, 0.717) is 0 Å². The van der Waals surface area contributed by atoms with E-state index < -0.39 is 0 Å². The first kappa shape index (κ1) is 10.4. The molecule has 0 aliphatic heterocycles. The summed E-state index contributed by atoms with van der Waals surface area (Å²) in [5, 5.41) is 0.993. The van der Waals surface area contributed by atoms with Crippen LogP contribution in [0.25, 0.3) is 11.2 Å². The Hall–Kier alpha value is -1.81. The standard InChI is InChI=1S/C13H11N3S/c1-16-9-14-11-7-8-12(15-13(11)16)17-10-5-3-2-4-6-10/h2-9H,1H3. The molecule has 0 unspecified atom stereocenters. The smallest absolute Gasteiger partial charge is 0.160 e. The van der Waals surface area contributed by atoms with Crippen LogP contribution in [0.2, 0.25) is 0 Å². The topological polar surface area (TPSA) is 30.7 Å². The van der Waals surface area contributed by atoms with E-state index in [4.69, 9.17) is 0 Å². The molecule has 3 nitrogen and oxygen atoms in total. The predicted octanol–water partition coefficient (Wildman–Crippen LogP) is 3.12. The molecule has 4 heteroatoms. The quantitative estimate of drug-likeness (QED) is 0.690. The molecule has 0 radical (unpaired) electrons. The first-order chi connectivity index (χ1) is 8.33. The molecular weight excluding hydrogens is 230 g/mol. The molecule has 0 fully saturated rings. The van der Waals surface area contributed by atoms with Crippen molar-refractivity contribution in [1.29, 1.82) is 0 Å². The summed E-state index contributed by atoms with van der Waals surface area (Å²) in [6.45, 7) is 0. The number of nitrogens with zero attached hydrogens (tertiary/aromatic N) is 3. The van der Waals surface area contributed by atoms with Crippen LogP contribution in [0.4, 0.5) is 0 Å². The average Bonchev–Trinajstić information content (AvgIpc) is 2.73. The van der Waals surface area contributed by atoms with Crippen LogP contribution >= 0.6 is 11.8 Å². The van der Waals surface area contributed by atoms with Gasteiger partial charge < -0.3 is 4.57 Å². The molecule has 0 saturated carbocycles. The second-order valence-electron chi connectivity index (χ2n) is 3.76. The monoisotopic (exact) mass is 241 g/mol. The summed E-state index contributed by atoms with van der Waals surface area (Å²) < 4.78 is 1.93. The second kappa shape index (κ2) is 4.22. The number of fused-ring (bicyclic) bond motifs is 1. The van der Waals surface area contributed by atoms with E-state index in [1.807, 2.05) is 41.9 Å². The molecular formula is C13H11N3S. The third-order valence-electron chi connectivity index (χ3n) is 2.50. The van der Waals surface area contributed by atoms with Gasteiger partial charge >= 0.3 is 0 Å². The SMILES string of the molecule is Cn1cnc2ccc(Sc3ccccc3)nc21. The lowest BCUT2D eigenvalue weighted by Crippen LogP contribution is -1.88. The molecule has 0 aliphatic carbocycles. The van der Waals surface area contributed by atoms with Crippen molar-refractivity contribution in [3.05, 3.63) is 48.8 Å². The molecule has 0 N–H and O–H groups in total. The lowest BCUT2D eigenvalue weighted by Gasteiger charge is -2.01. The van der Waals surface area contributed by atoms with Crippen LogP contribution in [0.5, 0.6) is 0 Å². The molecule has 1 aromatic carbocycles. The number of hydrogen-bond donors (Lipinski definition) is 0. The maximum Gasteiger partial charge on any atom is 0.160 e. The summed E-state index contributed by atoms with van der Waals surface area (Å²) in [4.78, 5) is 10.0. The molecule has 0 amide bonds. The Morgan fingerprint density at radius 3 is 2.71 bits per heavy atom. The van der Waals surface area contributed by atoms with Gasteiger partial charge in [0.25, 0.3) is 0 Å². The first-order valence-electron chi connectivity index (χ1n) is 5.34. The highest BCUT2D eigenvalue weighted by Crippen LogP contribution is 2.26. The van der Waals surface area contributed by atoms with E-state index in [0.717, 1.165) is 16.2 Å². The lowest BCUT2D eigenvalue weighted by atomic mass is 10.4. The second-order valence-corrected chi connectivity index (χ2v) is 4.86. The van der Waals surface area contributed by atoms with E-state index in [2.05, 4.69) is 22.1 Å². The summed E-state index contributed by atoms with van der Waals surface area (Å²) in [5.74, 6) is 0. The Balaban J connectivity index is 1.98. The van der Waals surface area contributed by atoms with Crippen LogP contribution in [-0.4, -0.2) is 14.5 Å². The minimum Gasteiger partial charge on any atom is -0.318 e. The van der Waals surface area contributed by atoms with Gasteiger partial charge in [0.1, 0.15) is 10.5 Å². The summed E-state index contributed by atoms with van der Waals surface area (Å²) in [5.41, 5.74) is 1.86. The van der Waals surface area contributed by atoms with Crippen LogP contribution in [0, 0.1) is 0 Å². The number of pyridine rings is 1. The largest absolute Gasteiger partial charge is 0.318 e. The minimum absolute atomic E-state index is 0.922. The fourth-order valence-corrected chi connectivity index (χ4v) is 2.46. The van der Waals surface area contributed by atoms with Gasteiger partial charge in [-0.1, -0.05) is 30.0 Å². The van der Waals surface area contributed by atoms with Gasteiger partial charge in [0.15, 0.2) is 5.65 Å². The predicted molar refractivity (Wildman–Crippen MR) is 69.1 cm³/mol. The molecule has 84 valence electrons. The number of benzene rings is 1. The van der Waals surface area contributed by atoms with Crippen LogP contribution in [-0.2, 0) is 7.05 Å². The van der Waals surface area contributed by atoms with Gasteiger partial charge in [-0.05, 0) is 24.3 Å². The van der Waals surface area contributed by atoms with Crippen molar-refractivity contribution in [2.75, 3.05) is 0 Å². The summed E-state index contributed by atoms with van der Waals surface area (Å²) in [6.07, 6.45) is 1.79. The minimum atomic E-state index is 0.922. The van der Waals surface area contributed by atoms with E-state index in [1.165, 1.54) is 4.90 Å². The molecule has 0 atom stereocenters. The Morgan fingerprint density at radius 2 is 1.88 bits per heavy atom. The van der Waals surface area contributed by atoms with Crippen molar-refractivity contribution in [3.63, 3.8) is 0 Å². The zero-order valence-electron chi connectivity index (χ0n) is 9.37. The molecule has 0 saturated heterocycles. The van der Waals surface area contributed by atoms with Crippen molar-refractivity contribution in [1.82, 2.24) is 14.5 Å². The van der Waals surface area contributed by atoms with Crippen molar-refractivity contribution in [2.24, 2.45) is 7.05 Å². The number of aryl methyl sites for hydroxylation is 1. The number of imidazole rings is 1. The van der Waals surface area contributed by atoms with E-state index in [-0.39, 0.29) is 0 Å². The van der Waals surface area contributed by atoms with E-state index >= 15 is 0 Å². The Morgan fingerprint density at radius 1 is 1.06 bits per heavy atom. The third kappa shape index (κ3) is 2.03. The number of hydrogen-bond acceptors (Lipinski definition) is 3. The van der Waals surface area contributed by atoms with Crippen LogP contribution in [0.15, 0.2) is 58.7 Å². The van der Waals surface area contributed by atoms with Gasteiger partial charge in [0.2, 0.25) is 0 Å².